The molecule has 0 aliphatic heterocycles. The molecule has 0 atom stereocenters. The van der Waals surface area contributed by atoms with Crippen molar-refractivity contribution < 1.29 is 0 Å². The Morgan fingerprint density at radius 3 is 2.16 bits per heavy atom. The maximum absolute atomic E-state index is 3.95. The third-order valence-electron chi connectivity index (χ3n) is 9.70. The summed E-state index contributed by atoms with van der Waals surface area (Å²) in [5.41, 5.74) is 12.6. The van der Waals surface area contributed by atoms with Crippen molar-refractivity contribution in [2.24, 2.45) is 0 Å². The Labute approximate surface area is 290 Å². The average Bonchev–Trinajstić information content (AvgIpc) is 3.89. The SMILES string of the molecule is C=C/C=C\c1c(-n2c3c(c4ccccc42)CC(c2ccc4c(c2)c2ccccc2n4-c2ccc(/C=C\C=C/C)cc2)=C3)sc2ccccc12. The second-order valence-corrected chi connectivity index (χ2v) is 13.6. The Hall–Kier alpha value is -5.90. The molecule has 49 heavy (non-hydrogen) atoms. The Bertz CT molecular complexity index is 2700. The summed E-state index contributed by atoms with van der Waals surface area (Å²) in [6.45, 7) is 5.99. The van der Waals surface area contributed by atoms with Gasteiger partial charge in [-0.05, 0) is 77.7 Å². The number of hydrogen-bond acceptors (Lipinski definition) is 1. The molecule has 1 aliphatic rings. The number of rotatable bonds is 7. The zero-order valence-corrected chi connectivity index (χ0v) is 28.1. The van der Waals surface area contributed by atoms with Crippen LogP contribution >= 0.6 is 11.3 Å². The van der Waals surface area contributed by atoms with Crippen LogP contribution < -0.4 is 0 Å². The van der Waals surface area contributed by atoms with Crippen molar-refractivity contribution in [3.05, 3.63) is 180 Å². The molecule has 0 spiro atoms. The average molecular weight is 647 g/mol. The molecule has 3 heterocycles. The van der Waals surface area contributed by atoms with Gasteiger partial charge in [0.15, 0.2) is 0 Å². The summed E-state index contributed by atoms with van der Waals surface area (Å²) in [5, 5.41) is 6.39. The highest BCUT2D eigenvalue weighted by molar-refractivity contribution is 7.21. The third kappa shape index (κ3) is 4.77. The van der Waals surface area contributed by atoms with E-state index in [4.69, 9.17) is 0 Å². The highest BCUT2D eigenvalue weighted by Crippen LogP contribution is 2.45. The maximum Gasteiger partial charge on any atom is 0.109 e. The van der Waals surface area contributed by atoms with Gasteiger partial charge in [-0.3, -0.25) is 0 Å². The summed E-state index contributed by atoms with van der Waals surface area (Å²) < 4.78 is 6.18. The monoisotopic (exact) mass is 646 g/mol. The molecule has 0 radical (unpaired) electrons. The third-order valence-corrected chi connectivity index (χ3v) is 10.9. The van der Waals surface area contributed by atoms with E-state index in [1.165, 1.54) is 87.0 Å². The van der Waals surface area contributed by atoms with E-state index in [1.807, 2.05) is 36.5 Å². The lowest BCUT2D eigenvalue weighted by molar-refractivity contribution is 1.13. The number of para-hydroxylation sites is 2. The highest BCUT2D eigenvalue weighted by atomic mass is 32.1. The van der Waals surface area contributed by atoms with Gasteiger partial charge in [0.25, 0.3) is 0 Å². The Balaban J connectivity index is 1.19. The quantitative estimate of drug-likeness (QED) is 0.153. The van der Waals surface area contributed by atoms with Crippen molar-refractivity contribution in [3.8, 4) is 10.7 Å². The van der Waals surface area contributed by atoms with Crippen LogP contribution in [0.4, 0.5) is 0 Å². The molecule has 3 heteroatoms. The van der Waals surface area contributed by atoms with Crippen LogP contribution in [0.25, 0.3) is 77.3 Å². The molecule has 0 saturated carbocycles. The minimum absolute atomic E-state index is 0.901. The lowest BCUT2D eigenvalue weighted by Crippen LogP contribution is -1.95. The van der Waals surface area contributed by atoms with Gasteiger partial charge < -0.3 is 9.13 Å². The van der Waals surface area contributed by atoms with E-state index in [0.29, 0.717) is 0 Å². The number of thiophene rings is 1. The standard InChI is InChI=1S/C46H34N2S/c1-3-5-7-14-31-22-25-34(26-23-31)47-41-19-11-8-16-35(41)39-28-32(24-27-43(39)47)33-29-40-36-17-9-12-20-42(36)48(44(40)30-33)46-38(15-6-4-2)37-18-10-13-21-45(37)49-46/h3-28,30H,2,29H2,1H3/b5-3-,14-7-,15-6-. The molecular formula is C46H34N2S. The van der Waals surface area contributed by atoms with Crippen LogP contribution in [0, 0.1) is 0 Å². The number of fused-ring (bicyclic) bond motifs is 7. The molecule has 0 N–H and O–H groups in total. The lowest BCUT2D eigenvalue weighted by Gasteiger charge is -2.10. The molecule has 0 unspecified atom stereocenters. The van der Waals surface area contributed by atoms with E-state index >= 15 is 0 Å². The summed E-state index contributed by atoms with van der Waals surface area (Å²) in [5.74, 6) is 0. The summed E-state index contributed by atoms with van der Waals surface area (Å²) in [7, 11) is 0. The van der Waals surface area contributed by atoms with Gasteiger partial charge in [0, 0.05) is 43.9 Å². The molecule has 5 aromatic carbocycles. The molecule has 1 aliphatic carbocycles. The van der Waals surface area contributed by atoms with Crippen LogP contribution in [0.3, 0.4) is 0 Å². The van der Waals surface area contributed by atoms with Crippen LogP contribution in [0.1, 0.15) is 34.9 Å². The Morgan fingerprint density at radius 2 is 1.37 bits per heavy atom. The molecule has 3 aromatic heterocycles. The van der Waals surface area contributed by atoms with Gasteiger partial charge in [-0.2, -0.15) is 0 Å². The highest BCUT2D eigenvalue weighted by Gasteiger charge is 2.26. The normalized spacial score (nSPS) is 13.3. The predicted octanol–water partition coefficient (Wildman–Crippen LogP) is 12.8. The Morgan fingerprint density at radius 1 is 0.653 bits per heavy atom. The molecule has 8 aromatic rings. The van der Waals surface area contributed by atoms with E-state index in [-0.39, 0.29) is 0 Å². The number of aromatic nitrogens is 2. The molecule has 0 amide bonds. The fraction of sp³-hybridized carbons (Fsp3) is 0.0435. The van der Waals surface area contributed by atoms with Crippen LogP contribution in [0.15, 0.2) is 152 Å². The van der Waals surface area contributed by atoms with Crippen LogP contribution in [-0.2, 0) is 6.42 Å². The first-order chi connectivity index (χ1) is 24.2. The molecule has 9 rings (SSSR count). The number of hydrogen-bond donors (Lipinski definition) is 0. The van der Waals surface area contributed by atoms with E-state index < -0.39 is 0 Å². The minimum atomic E-state index is 0.901. The molecule has 0 fully saturated rings. The second kappa shape index (κ2) is 12.0. The van der Waals surface area contributed by atoms with Gasteiger partial charge in [0.2, 0.25) is 0 Å². The zero-order chi connectivity index (χ0) is 32.9. The summed E-state index contributed by atoms with van der Waals surface area (Å²) in [6.07, 6.45) is 17.8. The van der Waals surface area contributed by atoms with Crippen LogP contribution in [0.5, 0.6) is 0 Å². The van der Waals surface area contributed by atoms with Gasteiger partial charge in [0.1, 0.15) is 5.00 Å². The second-order valence-electron chi connectivity index (χ2n) is 12.5. The fourth-order valence-corrected chi connectivity index (χ4v) is 8.70. The van der Waals surface area contributed by atoms with E-state index in [2.05, 4.69) is 161 Å². The summed E-state index contributed by atoms with van der Waals surface area (Å²) in [6, 6.07) is 42.2. The smallest absolute Gasteiger partial charge is 0.109 e. The van der Waals surface area contributed by atoms with Gasteiger partial charge in [-0.1, -0.05) is 122 Å². The lowest BCUT2D eigenvalue weighted by atomic mass is 10.00. The first-order valence-electron chi connectivity index (χ1n) is 16.8. The maximum atomic E-state index is 3.95. The summed E-state index contributed by atoms with van der Waals surface area (Å²) >= 11 is 1.86. The van der Waals surface area contributed by atoms with Gasteiger partial charge in [-0.25, -0.2) is 0 Å². The van der Waals surface area contributed by atoms with Crippen LogP contribution in [0.2, 0.25) is 0 Å². The summed E-state index contributed by atoms with van der Waals surface area (Å²) in [4.78, 5) is 0. The van der Waals surface area contributed by atoms with Crippen LogP contribution in [-0.4, -0.2) is 9.13 Å². The van der Waals surface area contributed by atoms with Gasteiger partial charge in [-0.15, -0.1) is 11.3 Å². The number of allylic oxidation sites excluding steroid dienone is 6. The van der Waals surface area contributed by atoms with Crippen molar-refractivity contribution >= 4 is 77.9 Å². The van der Waals surface area contributed by atoms with Crippen molar-refractivity contribution in [1.82, 2.24) is 9.13 Å². The minimum Gasteiger partial charge on any atom is -0.309 e. The van der Waals surface area contributed by atoms with Crippen molar-refractivity contribution in [1.29, 1.82) is 0 Å². The molecule has 234 valence electrons. The zero-order valence-electron chi connectivity index (χ0n) is 27.3. The van der Waals surface area contributed by atoms with E-state index in [1.54, 1.807) is 0 Å². The van der Waals surface area contributed by atoms with Crippen molar-refractivity contribution in [2.45, 2.75) is 13.3 Å². The number of nitrogens with zero attached hydrogens (tertiary/aromatic N) is 2. The molecule has 0 saturated heterocycles. The van der Waals surface area contributed by atoms with Crippen molar-refractivity contribution in [2.75, 3.05) is 0 Å². The largest absolute Gasteiger partial charge is 0.309 e. The molecule has 0 bridgehead atoms. The number of benzene rings is 5. The first kappa shape index (κ1) is 29.3. The topological polar surface area (TPSA) is 9.86 Å². The Kier molecular flexibility index (Phi) is 7.14. The van der Waals surface area contributed by atoms with E-state index in [9.17, 15) is 0 Å². The molecular weight excluding hydrogens is 613 g/mol. The molecule has 2 nitrogen and oxygen atoms in total. The van der Waals surface area contributed by atoms with Gasteiger partial charge in [0.05, 0.1) is 22.2 Å². The van der Waals surface area contributed by atoms with Crippen molar-refractivity contribution in [3.63, 3.8) is 0 Å². The fourth-order valence-electron chi connectivity index (χ4n) is 7.48. The first-order valence-corrected chi connectivity index (χ1v) is 17.6. The predicted molar refractivity (Wildman–Crippen MR) is 214 cm³/mol. The van der Waals surface area contributed by atoms with Gasteiger partial charge >= 0.3 is 0 Å². The van der Waals surface area contributed by atoms with E-state index in [0.717, 1.165) is 6.42 Å².